The van der Waals surface area contributed by atoms with Gasteiger partial charge in [-0.1, -0.05) is 15.9 Å². The number of benzene rings is 1. The van der Waals surface area contributed by atoms with Gasteiger partial charge in [-0.3, -0.25) is 0 Å². The Kier molecular flexibility index (Phi) is 3.73. The molecule has 0 saturated heterocycles. The molecule has 0 radical (unpaired) electrons. The highest BCUT2D eigenvalue weighted by Gasteiger charge is 2.11. The standard InChI is InChI=1S/C8H11Br2N3/c9-4-1-5(7(12)3-11)8(13)6(10)2-4/h1-2,7H,3,11-13H2. The second kappa shape index (κ2) is 4.41. The van der Waals surface area contributed by atoms with Gasteiger partial charge in [-0.05, 0) is 33.6 Å². The Bertz CT molecular complexity index is 315. The van der Waals surface area contributed by atoms with Crippen molar-refractivity contribution < 1.29 is 0 Å². The van der Waals surface area contributed by atoms with Gasteiger partial charge in [0.15, 0.2) is 0 Å². The first kappa shape index (κ1) is 11.0. The van der Waals surface area contributed by atoms with Crippen LogP contribution in [0.3, 0.4) is 0 Å². The summed E-state index contributed by atoms with van der Waals surface area (Å²) in [6, 6.07) is 3.55. The Labute approximate surface area is 93.9 Å². The fourth-order valence-electron chi connectivity index (χ4n) is 1.04. The van der Waals surface area contributed by atoms with Crippen LogP contribution < -0.4 is 17.2 Å². The molecule has 0 spiro atoms. The first-order valence-corrected chi connectivity index (χ1v) is 5.35. The molecule has 1 aromatic rings. The van der Waals surface area contributed by atoms with Gasteiger partial charge in [-0.2, -0.15) is 0 Å². The lowest BCUT2D eigenvalue weighted by molar-refractivity contribution is 0.738. The maximum Gasteiger partial charge on any atom is 0.0508 e. The molecule has 0 aliphatic rings. The predicted octanol–water partition coefficient (Wildman–Crippen LogP) is 1.75. The monoisotopic (exact) mass is 307 g/mol. The summed E-state index contributed by atoms with van der Waals surface area (Å²) < 4.78 is 1.77. The van der Waals surface area contributed by atoms with E-state index in [1.165, 1.54) is 0 Å². The number of hydrogen-bond acceptors (Lipinski definition) is 3. The van der Waals surface area contributed by atoms with Crippen molar-refractivity contribution in [3.05, 3.63) is 26.6 Å². The average molecular weight is 309 g/mol. The molecule has 6 N–H and O–H groups in total. The van der Waals surface area contributed by atoms with Gasteiger partial charge in [0.05, 0.1) is 5.69 Å². The van der Waals surface area contributed by atoms with E-state index in [1.807, 2.05) is 12.1 Å². The summed E-state index contributed by atoms with van der Waals surface area (Å²) in [6.07, 6.45) is 0. The van der Waals surface area contributed by atoms with Crippen molar-refractivity contribution in [1.29, 1.82) is 0 Å². The second-order valence-corrected chi connectivity index (χ2v) is 4.50. The van der Waals surface area contributed by atoms with Crippen LogP contribution in [0.2, 0.25) is 0 Å². The zero-order valence-corrected chi connectivity index (χ0v) is 10.1. The molecular formula is C8H11Br2N3. The van der Waals surface area contributed by atoms with Crippen LogP contribution in [0.15, 0.2) is 21.1 Å². The minimum absolute atomic E-state index is 0.214. The molecule has 0 fully saturated rings. The molecule has 0 aliphatic heterocycles. The Morgan fingerprint density at radius 3 is 2.46 bits per heavy atom. The molecule has 1 aromatic carbocycles. The first-order valence-electron chi connectivity index (χ1n) is 3.76. The smallest absolute Gasteiger partial charge is 0.0508 e. The van der Waals surface area contributed by atoms with E-state index in [4.69, 9.17) is 17.2 Å². The molecule has 5 heteroatoms. The van der Waals surface area contributed by atoms with Crippen LogP contribution in [-0.2, 0) is 0 Å². The van der Waals surface area contributed by atoms with Crippen molar-refractivity contribution in [2.24, 2.45) is 11.5 Å². The molecule has 0 bridgehead atoms. The molecule has 72 valence electrons. The van der Waals surface area contributed by atoms with Crippen molar-refractivity contribution in [3.63, 3.8) is 0 Å². The van der Waals surface area contributed by atoms with E-state index in [9.17, 15) is 0 Å². The van der Waals surface area contributed by atoms with Crippen LogP contribution in [-0.4, -0.2) is 6.54 Å². The van der Waals surface area contributed by atoms with Gasteiger partial charge >= 0.3 is 0 Å². The van der Waals surface area contributed by atoms with Crippen molar-refractivity contribution >= 4 is 37.5 Å². The van der Waals surface area contributed by atoms with Gasteiger partial charge in [0.1, 0.15) is 0 Å². The fourth-order valence-corrected chi connectivity index (χ4v) is 2.30. The Morgan fingerprint density at radius 2 is 1.92 bits per heavy atom. The quantitative estimate of drug-likeness (QED) is 0.728. The molecule has 0 saturated carbocycles. The van der Waals surface area contributed by atoms with E-state index in [0.29, 0.717) is 12.2 Å². The minimum Gasteiger partial charge on any atom is -0.398 e. The van der Waals surface area contributed by atoms with E-state index in [2.05, 4.69) is 31.9 Å². The molecule has 0 heterocycles. The summed E-state index contributed by atoms with van der Waals surface area (Å²) in [5, 5.41) is 0. The zero-order chi connectivity index (χ0) is 10.0. The highest BCUT2D eigenvalue weighted by molar-refractivity contribution is 9.11. The fraction of sp³-hybridized carbons (Fsp3) is 0.250. The van der Waals surface area contributed by atoms with Gasteiger partial charge in [0.2, 0.25) is 0 Å². The number of rotatable bonds is 2. The molecule has 1 atom stereocenters. The van der Waals surface area contributed by atoms with Crippen LogP contribution in [0.5, 0.6) is 0 Å². The van der Waals surface area contributed by atoms with Crippen molar-refractivity contribution in [1.82, 2.24) is 0 Å². The molecule has 0 aromatic heterocycles. The van der Waals surface area contributed by atoms with Crippen molar-refractivity contribution in [3.8, 4) is 0 Å². The Hall–Kier alpha value is -0.100. The third-order valence-corrected chi connectivity index (χ3v) is 2.89. The van der Waals surface area contributed by atoms with E-state index in [0.717, 1.165) is 14.5 Å². The number of nitrogens with two attached hydrogens (primary N) is 3. The van der Waals surface area contributed by atoms with Gasteiger partial charge in [-0.15, -0.1) is 0 Å². The highest BCUT2D eigenvalue weighted by atomic mass is 79.9. The molecule has 0 amide bonds. The lowest BCUT2D eigenvalue weighted by atomic mass is 10.1. The maximum atomic E-state index is 5.82. The van der Waals surface area contributed by atoms with Gasteiger partial charge in [0, 0.05) is 21.5 Å². The third-order valence-electron chi connectivity index (χ3n) is 1.78. The second-order valence-electron chi connectivity index (χ2n) is 2.73. The van der Waals surface area contributed by atoms with E-state index in [1.54, 1.807) is 0 Å². The van der Waals surface area contributed by atoms with Crippen molar-refractivity contribution in [2.75, 3.05) is 12.3 Å². The summed E-state index contributed by atoms with van der Waals surface area (Å²) in [6.45, 7) is 0.382. The molecule has 1 unspecified atom stereocenters. The zero-order valence-electron chi connectivity index (χ0n) is 6.93. The molecule has 1 rings (SSSR count). The summed E-state index contributed by atoms with van der Waals surface area (Å²) >= 11 is 6.71. The Morgan fingerprint density at radius 1 is 1.31 bits per heavy atom. The van der Waals surface area contributed by atoms with Gasteiger partial charge < -0.3 is 17.2 Å². The SMILES string of the molecule is NCC(N)c1cc(Br)cc(Br)c1N. The van der Waals surface area contributed by atoms with Gasteiger partial charge in [-0.25, -0.2) is 0 Å². The number of anilines is 1. The van der Waals surface area contributed by atoms with Gasteiger partial charge in [0.25, 0.3) is 0 Å². The molecule has 3 nitrogen and oxygen atoms in total. The van der Waals surface area contributed by atoms with Crippen LogP contribution in [0, 0.1) is 0 Å². The minimum atomic E-state index is -0.214. The van der Waals surface area contributed by atoms with Crippen LogP contribution in [0.4, 0.5) is 5.69 Å². The number of halogens is 2. The van der Waals surface area contributed by atoms with E-state index >= 15 is 0 Å². The van der Waals surface area contributed by atoms with Crippen molar-refractivity contribution in [2.45, 2.75) is 6.04 Å². The predicted molar refractivity (Wildman–Crippen MR) is 62.2 cm³/mol. The van der Waals surface area contributed by atoms with E-state index < -0.39 is 0 Å². The summed E-state index contributed by atoms with van der Waals surface area (Å²) in [5.74, 6) is 0. The summed E-state index contributed by atoms with van der Waals surface area (Å²) in [5.41, 5.74) is 18.6. The number of nitrogen functional groups attached to an aromatic ring is 1. The molecule has 13 heavy (non-hydrogen) atoms. The van der Waals surface area contributed by atoms with Crippen LogP contribution in [0.1, 0.15) is 11.6 Å². The highest BCUT2D eigenvalue weighted by Crippen LogP contribution is 2.30. The van der Waals surface area contributed by atoms with E-state index in [-0.39, 0.29) is 6.04 Å². The normalized spacial score (nSPS) is 12.9. The largest absolute Gasteiger partial charge is 0.398 e. The third kappa shape index (κ3) is 2.43. The van der Waals surface area contributed by atoms with Crippen LogP contribution >= 0.6 is 31.9 Å². The lowest BCUT2D eigenvalue weighted by Gasteiger charge is -2.13. The maximum absolute atomic E-state index is 5.82. The molecule has 0 aliphatic carbocycles. The number of hydrogen-bond donors (Lipinski definition) is 3. The Balaban J connectivity index is 3.20. The topological polar surface area (TPSA) is 78.1 Å². The summed E-state index contributed by atoms with van der Waals surface area (Å²) in [4.78, 5) is 0. The first-order chi connectivity index (χ1) is 6.06. The summed E-state index contributed by atoms with van der Waals surface area (Å²) in [7, 11) is 0. The lowest BCUT2D eigenvalue weighted by Crippen LogP contribution is -2.22. The average Bonchev–Trinajstić information content (AvgIpc) is 2.10. The van der Waals surface area contributed by atoms with Crippen LogP contribution in [0.25, 0.3) is 0 Å². The molecular weight excluding hydrogens is 298 g/mol.